The van der Waals surface area contributed by atoms with Gasteiger partial charge >= 0.3 is 0 Å². The van der Waals surface area contributed by atoms with Crippen molar-refractivity contribution in [2.45, 2.75) is 26.3 Å². The lowest BCUT2D eigenvalue weighted by Gasteiger charge is -2.18. The Balaban J connectivity index is 0.00000225. The zero-order chi connectivity index (χ0) is 17.1. The van der Waals surface area contributed by atoms with E-state index in [1.165, 1.54) is 0 Å². The van der Waals surface area contributed by atoms with Crippen LogP contribution in [0, 0.1) is 6.92 Å². The first-order valence-electron chi connectivity index (χ1n) is 8.08. The summed E-state index contributed by atoms with van der Waals surface area (Å²) in [4.78, 5) is 12.6. The highest BCUT2D eigenvalue weighted by atomic mass is 35.5. The number of amides is 1. The van der Waals surface area contributed by atoms with Crippen molar-refractivity contribution in [3.63, 3.8) is 0 Å². The van der Waals surface area contributed by atoms with Crippen LogP contribution in [0.1, 0.15) is 40.3 Å². The molecule has 0 saturated heterocycles. The molecule has 1 aromatic heterocycles. The lowest BCUT2D eigenvalue weighted by Crippen LogP contribution is -2.34. The van der Waals surface area contributed by atoms with Crippen LogP contribution in [-0.2, 0) is 6.42 Å². The summed E-state index contributed by atoms with van der Waals surface area (Å²) in [6, 6.07) is 14.0. The molecule has 0 spiro atoms. The number of benzene rings is 2. The molecule has 3 aromatic rings. The molecule has 1 unspecified atom stereocenters. The molecule has 2 aromatic carbocycles. The molecule has 5 nitrogen and oxygen atoms in total. The van der Waals surface area contributed by atoms with E-state index in [0.29, 0.717) is 30.0 Å². The van der Waals surface area contributed by atoms with Crippen molar-refractivity contribution in [1.82, 2.24) is 10.5 Å². The summed E-state index contributed by atoms with van der Waals surface area (Å²) in [7, 11) is 0. The van der Waals surface area contributed by atoms with Crippen molar-refractivity contribution in [2.24, 2.45) is 5.73 Å². The Morgan fingerprint density at radius 2 is 1.96 bits per heavy atom. The van der Waals surface area contributed by atoms with Gasteiger partial charge in [-0.1, -0.05) is 48.5 Å². The van der Waals surface area contributed by atoms with Crippen LogP contribution >= 0.6 is 12.4 Å². The second kappa shape index (κ2) is 8.14. The minimum atomic E-state index is -0.263. The number of nitrogens with zero attached hydrogens (tertiary/aromatic N) is 1. The molecule has 0 aliphatic carbocycles. The number of aromatic nitrogens is 1. The maximum Gasteiger partial charge on any atom is 0.257 e. The van der Waals surface area contributed by atoms with Crippen molar-refractivity contribution in [2.75, 3.05) is 6.54 Å². The van der Waals surface area contributed by atoms with Gasteiger partial charge in [0.05, 0.1) is 11.7 Å². The minimum absolute atomic E-state index is 0. The Morgan fingerprint density at radius 1 is 1.24 bits per heavy atom. The zero-order valence-electron chi connectivity index (χ0n) is 14.3. The highest BCUT2D eigenvalue weighted by molar-refractivity contribution is 5.96. The highest BCUT2D eigenvalue weighted by Gasteiger charge is 2.22. The van der Waals surface area contributed by atoms with Crippen LogP contribution in [-0.4, -0.2) is 17.6 Å². The molecule has 0 saturated carbocycles. The molecule has 3 N–H and O–H groups in total. The number of fused-ring (bicyclic) bond motifs is 1. The molecule has 132 valence electrons. The first-order valence-corrected chi connectivity index (χ1v) is 8.08. The average molecular weight is 360 g/mol. The van der Waals surface area contributed by atoms with E-state index >= 15 is 0 Å². The monoisotopic (exact) mass is 359 g/mol. The number of aryl methyl sites for hydroxylation is 2. The van der Waals surface area contributed by atoms with E-state index in [4.69, 9.17) is 10.3 Å². The summed E-state index contributed by atoms with van der Waals surface area (Å²) in [5.74, 6) is 0.397. The predicted octanol–water partition coefficient (Wildman–Crippen LogP) is 3.55. The first-order chi connectivity index (χ1) is 11.6. The number of nitrogens with two attached hydrogens (primary N) is 1. The normalized spacial score (nSPS) is 11.8. The third-order valence-corrected chi connectivity index (χ3v) is 4.20. The van der Waals surface area contributed by atoms with Crippen LogP contribution in [0.5, 0.6) is 0 Å². The summed E-state index contributed by atoms with van der Waals surface area (Å²) in [6.07, 6.45) is 0.618. The average Bonchev–Trinajstić information content (AvgIpc) is 2.99. The Morgan fingerprint density at radius 3 is 2.64 bits per heavy atom. The van der Waals surface area contributed by atoms with E-state index in [9.17, 15) is 4.79 Å². The fourth-order valence-corrected chi connectivity index (χ4v) is 2.88. The maximum atomic E-state index is 12.6. The molecule has 1 heterocycles. The highest BCUT2D eigenvalue weighted by Crippen LogP contribution is 2.21. The van der Waals surface area contributed by atoms with Crippen molar-refractivity contribution < 1.29 is 9.32 Å². The van der Waals surface area contributed by atoms with E-state index in [2.05, 4.69) is 22.6 Å². The van der Waals surface area contributed by atoms with E-state index in [1.807, 2.05) is 37.3 Å². The van der Waals surface area contributed by atoms with E-state index < -0.39 is 0 Å². The van der Waals surface area contributed by atoms with Crippen molar-refractivity contribution in [1.29, 1.82) is 0 Å². The Kier molecular flexibility index (Phi) is 6.17. The van der Waals surface area contributed by atoms with Gasteiger partial charge in [0.25, 0.3) is 5.91 Å². The van der Waals surface area contributed by atoms with Gasteiger partial charge in [-0.15, -0.1) is 12.4 Å². The second-order valence-electron chi connectivity index (χ2n) is 5.79. The summed E-state index contributed by atoms with van der Waals surface area (Å²) >= 11 is 0. The number of carbonyl (C=O) groups excluding carboxylic acids is 1. The summed E-state index contributed by atoms with van der Waals surface area (Å²) in [5.41, 5.74) is 8.00. The fraction of sp³-hybridized carbons (Fsp3) is 0.263. The van der Waals surface area contributed by atoms with Gasteiger partial charge < -0.3 is 15.6 Å². The van der Waals surface area contributed by atoms with Gasteiger partial charge in [0.2, 0.25) is 0 Å². The van der Waals surface area contributed by atoms with Crippen molar-refractivity contribution in [3.8, 4) is 0 Å². The number of halogens is 1. The van der Waals surface area contributed by atoms with Gasteiger partial charge in [-0.25, -0.2) is 0 Å². The molecule has 6 heteroatoms. The topological polar surface area (TPSA) is 81.2 Å². The molecule has 0 radical (unpaired) electrons. The molecule has 1 amide bonds. The number of carbonyl (C=O) groups is 1. The van der Waals surface area contributed by atoms with Crippen molar-refractivity contribution >= 4 is 29.1 Å². The van der Waals surface area contributed by atoms with Gasteiger partial charge in [-0.3, -0.25) is 4.79 Å². The number of nitrogens with one attached hydrogen (secondary N) is 1. The van der Waals surface area contributed by atoms with Gasteiger partial charge in [0.1, 0.15) is 11.3 Å². The Hall–Kier alpha value is -2.37. The molecule has 3 rings (SSSR count). The van der Waals surface area contributed by atoms with Crippen LogP contribution in [0.15, 0.2) is 47.0 Å². The SMILES string of the molecule is CCc1onc(C)c1C(=O)NC(CN)c1ccc2ccccc2c1.Cl. The third kappa shape index (κ3) is 3.83. The summed E-state index contributed by atoms with van der Waals surface area (Å²) < 4.78 is 5.20. The van der Waals surface area contributed by atoms with Gasteiger partial charge in [0.15, 0.2) is 0 Å². The quantitative estimate of drug-likeness (QED) is 0.730. The number of hydrogen-bond donors (Lipinski definition) is 2. The smallest absolute Gasteiger partial charge is 0.257 e. The van der Waals surface area contributed by atoms with Crippen LogP contribution < -0.4 is 11.1 Å². The van der Waals surface area contributed by atoms with E-state index in [1.54, 1.807) is 6.92 Å². The lowest BCUT2D eigenvalue weighted by molar-refractivity contribution is 0.0935. The summed E-state index contributed by atoms with van der Waals surface area (Å²) in [6.45, 7) is 4.02. The largest absolute Gasteiger partial charge is 0.360 e. The van der Waals surface area contributed by atoms with Crippen LogP contribution in [0.3, 0.4) is 0 Å². The number of rotatable bonds is 5. The zero-order valence-corrected chi connectivity index (χ0v) is 15.1. The van der Waals surface area contributed by atoms with E-state index in [0.717, 1.165) is 16.3 Å². The summed E-state index contributed by atoms with van der Waals surface area (Å²) in [5, 5.41) is 9.17. The molecular formula is C19H22ClN3O2. The van der Waals surface area contributed by atoms with E-state index in [-0.39, 0.29) is 24.4 Å². The fourth-order valence-electron chi connectivity index (χ4n) is 2.88. The molecule has 0 aliphatic rings. The van der Waals surface area contributed by atoms with Crippen LogP contribution in [0.4, 0.5) is 0 Å². The van der Waals surface area contributed by atoms with Crippen molar-refractivity contribution in [3.05, 3.63) is 65.0 Å². The maximum absolute atomic E-state index is 12.6. The van der Waals surface area contributed by atoms with Gasteiger partial charge in [0, 0.05) is 13.0 Å². The molecule has 0 aliphatic heterocycles. The third-order valence-electron chi connectivity index (χ3n) is 4.20. The van der Waals surface area contributed by atoms with Crippen LogP contribution in [0.25, 0.3) is 10.8 Å². The minimum Gasteiger partial charge on any atom is -0.360 e. The molecular weight excluding hydrogens is 338 g/mol. The Labute approximate surface area is 153 Å². The van der Waals surface area contributed by atoms with Crippen LogP contribution in [0.2, 0.25) is 0 Å². The molecule has 0 bridgehead atoms. The molecule has 25 heavy (non-hydrogen) atoms. The second-order valence-corrected chi connectivity index (χ2v) is 5.79. The lowest BCUT2D eigenvalue weighted by atomic mass is 10.0. The predicted molar refractivity (Wildman–Crippen MR) is 101 cm³/mol. The number of hydrogen-bond acceptors (Lipinski definition) is 4. The molecule has 0 fully saturated rings. The van der Waals surface area contributed by atoms with Gasteiger partial charge in [-0.05, 0) is 29.3 Å². The van der Waals surface area contributed by atoms with Gasteiger partial charge in [-0.2, -0.15) is 0 Å². The first kappa shape index (κ1) is 19.0. The molecule has 1 atom stereocenters. The Bertz CT molecular complexity index is 876. The standard InChI is InChI=1S/C19H21N3O2.ClH/c1-3-17-18(12(2)22-24-17)19(23)21-16(11-20)15-9-8-13-6-4-5-7-14(13)10-15;/h4-10,16H,3,11,20H2,1-2H3,(H,21,23);1H.